The van der Waals surface area contributed by atoms with Crippen LogP contribution in [-0.2, 0) is 4.79 Å². The molecule has 7 heteroatoms. The number of carbonyl (C=O) groups is 2. The van der Waals surface area contributed by atoms with Gasteiger partial charge in [0.15, 0.2) is 0 Å². The maximum absolute atomic E-state index is 12.0. The minimum Gasteiger partial charge on any atom is -0.345 e. The van der Waals surface area contributed by atoms with Crippen LogP contribution in [0.2, 0.25) is 0 Å². The van der Waals surface area contributed by atoms with Gasteiger partial charge in [0.05, 0.1) is 0 Å². The van der Waals surface area contributed by atoms with Gasteiger partial charge < -0.3 is 10.2 Å². The number of nitrogens with zero attached hydrogens (tertiary/aromatic N) is 3. The van der Waals surface area contributed by atoms with Gasteiger partial charge >= 0.3 is 0 Å². The molecule has 3 rings (SSSR count). The first-order valence-corrected chi connectivity index (χ1v) is 6.60. The van der Waals surface area contributed by atoms with Crippen LogP contribution >= 0.6 is 0 Å². The normalized spacial score (nSPS) is 23.5. The third-order valence-corrected chi connectivity index (χ3v) is 3.63. The summed E-state index contributed by atoms with van der Waals surface area (Å²) in [6.07, 6.45) is 3.38. The SMILES string of the molecule is CN1CC(NC(=O)c2n[nH]c(C3CC3)n2)CCC1=O. The summed E-state index contributed by atoms with van der Waals surface area (Å²) in [6.45, 7) is 0.546. The minimum absolute atomic E-state index is 0.0157. The van der Waals surface area contributed by atoms with Crippen molar-refractivity contribution in [3.8, 4) is 0 Å². The second kappa shape index (κ2) is 4.64. The molecular formula is C12H17N5O2. The van der Waals surface area contributed by atoms with Gasteiger partial charge in [0.1, 0.15) is 5.82 Å². The highest BCUT2D eigenvalue weighted by Crippen LogP contribution is 2.37. The van der Waals surface area contributed by atoms with Crippen molar-refractivity contribution in [1.82, 2.24) is 25.4 Å². The predicted molar refractivity (Wildman–Crippen MR) is 66.5 cm³/mol. The van der Waals surface area contributed by atoms with Crippen molar-refractivity contribution in [1.29, 1.82) is 0 Å². The van der Waals surface area contributed by atoms with Crippen molar-refractivity contribution in [2.24, 2.45) is 0 Å². The van der Waals surface area contributed by atoms with Gasteiger partial charge in [-0.25, -0.2) is 4.98 Å². The summed E-state index contributed by atoms with van der Waals surface area (Å²) >= 11 is 0. The first-order valence-electron chi connectivity index (χ1n) is 6.60. The molecule has 0 radical (unpaired) electrons. The van der Waals surface area contributed by atoms with Crippen molar-refractivity contribution < 1.29 is 9.59 Å². The fourth-order valence-electron chi connectivity index (χ4n) is 2.30. The number of likely N-dealkylation sites (tertiary alicyclic amines) is 1. The average Bonchev–Trinajstić information content (AvgIpc) is 3.11. The number of amides is 2. The molecule has 2 amide bonds. The smallest absolute Gasteiger partial charge is 0.291 e. The van der Waals surface area contributed by atoms with Crippen LogP contribution < -0.4 is 5.32 Å². The molecule has 1 aliphatic carbocycles. The lowest BCUT2D eigenvalue weighted by atomic mass is 10.1. The van der Waals surface area contributed by atoms with E-state index in [1.165, 1.54) is 0 Å². The number of likely N-dealkylation sites (N-methyl/N-ethyl adjacent to an activating group) is 1. The molecule has 2 fully saturated rings. The Hall–Kier alpha value is -1.92. The topological polar surface area (TPSA) is 91.0 Å². The van der Waals surface area contributed by atoms with Gasteiger partial charge in [0.2, 0.25) is 11.7 Å². The van der Waals surface area contributed by atoms with E-state index in [1.54, 1.807) is 11.9 Å². The van der Waals surface area contributed by atoms with E-state index in [9.17, 15) is 9.59 Å². The van der Waals surface area contributed by atoms with E-state index in [2.05, 4.69) is 20.5 Å². The lowest BCUT2D eigenvalue weighted by Crippen LogP contribution is -2.48. The largest absolute Gasteiger partial charge is 0.345 e. The van der Waals surface area contributed by atoms with Crippen LogP contribution in [0.4, 0.5) is 0 Å². The van der Waals surface area contributed by atoms with E-state index < -0.39 is 0 Å². The van der Waals surface area contributed by atoms with Gasteiger partial charge in [-0.05, 0) is 19.3 Å². The Balaban J connectivity index is 1.59. The standard InChI is InChI=1S/C12H17N5O2/c1-17-6-8(4-5-9(17)18)13-12(19)11-14-10(15-16-11)7-2-3-7/h7-8H,2-6H2,1H3,(H,13,19)(H,14,15,16). The lowest BCUT2D eigenvalue weighted by molar-refractivity contribution is -0.132. The number of carbonyl (C=O) groups excluding carboxylic acids is 2. The molecule has 1 aliphatic heterocycles. The Kier molecular flexibility index (Phi) is 2.96. The summed E-state index contributed by atoms with van der Waals surface area (Å²) in [5.74, 6) is 1.31. The van der Waals surface area contributed by atoms with Crippen molar-refractivity contribution in [2.45, 2.75) is 37.6 Å². The molecule has 1 atom stereocenters. The zero-order chi connectivity index (χ0) is 13.4. The molecular weight excluding hydrogens is 246 g/mol. The minimum atomic E-state index is -0.268. The molecule has 0 bridgehead atoms. The molecule has 0 spiro atoms. The zero-order valence-corrected chi connectivity index (χ0v) is 10.8. The van der Waals surface area contributed by atoms with Crippen LogP contribution in [0.3, 0.4) is 0 Å². The third-order valence-electron chi connectivity index (χ3n) is 3.63. The summed E-state index contributed by atoms with van der Waals surface area (Å²) in [7, 11) is 1.75. The molecule has 7 nitrogen and oxygen atoms in total. The Bertz CT molecular complexity index is 508. The quantitative estimate of drug-likeness (QED) is 0.805. The number of nitrogens with one attached hydrogen (secondary N) is 2. The molecule has 1 saturated heterocycles. The maximum atomic E-state index is 12.0. The predicted octanol–water partition coefficient (Wildman–Crippen LogP) is 0.0327. The van der Waals surface area contributed by atoms with Crippen molar-refractivity contribution in [2.75, 3.05) is 13.6 Å². The van der Waals surface area contributed by atoms with Crippen LogP contribution in [0.1, 0.15) is 48.0 Å². The molecule has 2 heterocycles. The molecule has 19 heavy (non-hydrogen) atoms. The maximum Gasteiger partial charge on any atom is 0.291 e. The number of hydrogen-bond donors (Lipinski definition) is 2. The highest BCUT2D eigenvalue weighted by Gasteiger charge is 2.29. The van der Waals surface area contributed by atoms with E-state index in [1.807, 2.05) is 0 Å². The van der Waals surface area contributed by atoms with Gasteiger partial charge in [-0.3, -0.25) is 14.7 Å². The van der Waals surface area contributed by atoms with Gasteiger partial charge in [0.25, 0.3) is 5.91 Å². The summed E-state index contributed by atoms with van der Waals surface area (Å²) in [5, 5.41) is 9.64. The van der Waals surface area contributed by atoms with Crippen LogP contribution in [0.15, 0.2) is 0 Å². The Morgan fingerprint density at radius 1 is 1.42 bits per heavy atom. The molecule has 0 aromatic carbocycles. The van der Waals surface area contributed by atoms with Gasteiger partial charge in [-0.2, -0.15) is 0 Å². The van der Waals surface area contributed by atoms with Crippen LogP contribution in [0.25, 0.3) is 0 Å². The Labute approximate surface area is 110 Å². The van der Waals surface area contributed by atoms with Crippen molar-refractivity contribution in [3.05, 3.63) is 11.6 Å². The molecule has 1 saturated carbocycles. The fraction of sp³-hybridized carbons (Fsp3) is 0.667. The molecule has 2 aliphatic rings. The summed E-state index contributed by atoms with van der Waals surface area (Å²) in [6, 6.07) is -0.0157. The third kappa shape index (κ3) is 2.59. The van der Waals surface area contributed by atoms with E-state index in [4.69, 9.17) is 0 Å². The summed E-state index contributed by atoms with van der Waals surface area (Å²) in [5.41, 5.74) is 0. The monoisotopic (exact) mass is 263 g/mol. The van der Waals surface area contributed by atoms with E-state index in [0.29, 0.717) is 25.3 Å². The molecule has 1 unspecified atom stereocenters. The number of H-pyrrole nitrogens is 1. The highest BCUT2D eigenvalue weighted by atomic mass is 16.2. The van der Waals surface area contributed by atoms with E-state index in [-0.39, 0.29) is 23.7 Å². The second-order valence-corrected chi connectivity index (χ2v) is 5.30. The van der Waals surface area contributed by atoms with E-state index >= 15 is 0 Å². The Morgan fingerprint density at radius 3 is 2.89 bits per heavy atom. The molecule has 1 aromatic rings. The summed E-state index contributed by atoms with van der Waals surface area (Å²) < 4.78 is 0. The first kappa shape index (κ1) is 12.1. The molecule has 1 aromatic heterocycles. The molecule has 2 N–H and O–H groups in total. The highest BCUT2D eigenvalue weighted by molar-refractivity contribution is 5.90. The lowest BCUT2D eigenvalue weighted by Gasteiger charge is -2.29. The second-order valence-electron chi connectivity index (χ2n) is 5.30. The summed E-state index contributed by atoms with van der Waals surface area (Å²) in [4.78, 5) is 29.2. The van der Waals surface area contributed by atoms with Gasteiger partial charge in [-0.1, -0.05) is 0 Å². The number of hydrogen-bond acceptors (Lipinski definition) is 4. The number of aromatic nitrogens is 3. The first-order chi connectivity index (χ1) is 9.13. The fourth-order valence-corrected chi connectivity index (χ4v) is 2.30. The average molecular weight is 263 g/mol. The van der Waals surface area contributed by atoms with Crippen LogP contribution in [0.5, 0.6) is 0 Å². The van der Waals surface area contributed by atoms with E-state index in [0.717, 1.165) is 18.7 Å². The Morgan fingerprint density at radius 2 is 2.21 bits per heavy atom. The number of piperidine rings is 1. The van der Waals surface area contributed by atoms with Crippen molar-refractivity contribution >= 4 is 11.8 Å². The van der Waals surface area contributed by atoms with Gasteiger partial charge in [0, 0.05) is 32.0 Å². The van der Waals surface area contributed by atoms with Crippen LogP contribution in [-0.4, -0.2) is 51.5 Å². The number of aromatic amines is 1. The van der Waals surface area contributed by atoms with Crippen LogP contribution in [0, 0.1) is 0 Å². The zero-order valence-electron chi connectivity index (χ0n) is 10.8. The number of rotatable bonds is 3. The van der Waals surface area contributed by atoms with Crippen molar-refractivity contribution in [3.63, 3.8) is 0 Å². The van der Waals surface area contributed by atoms with Gasteiger partial charge in [-0.15, -0.1) is 5.10 Å². The molecule has 102 valence electrons.